The lowest BCUT2D eigenvalue weighted by atomic mass is 10.1. The Labute approximate surface area is 144 Å². The molecular formula is C20H26N2O2. The fourth-order valence-electron chi connectivity index (χ4n) is 2.59. The summed E-state index contributed by atoms with van der Waals surface area (Å²) in [5.74, 6) is 0.307. The molecular weight excluding hydrogens is 300 g/mol. The van der Waals surface area contributed by atoms with Gasteiger partial charge >= 0.3 is 0 Å². The first-order valence-electron chi connectivity index (χ1n) is 8.33. The van der Waals surface area contributed by atoms with Crippen LogP contribution in [-0.2, 0) is 11.3 Å². The standard InChI is InChI=1S/C20H26N2O2/c1-15(2)22(14-17-8-5-4-6-9-17)20(24)13-21-16(3)18-10-7-11-19(23)12-18/h4-12,15-16,21,23H,13-14H2,1-3H3. The summed E-state index contributed by atoms with van der Waals surface area (Å²) in [5, 5.41) is 12.8. The Morgan fingerprint density at radius 3 is 2.42 bits per heavy atom. The van der Waals surface area contributed by atoms with Crippen LogP contribution >= 0.6 is 0 Å². The molecule has 0 bridgehead atoms. The van der Waals surface area contributed by atoms with Crippen LogP contribution in [0.1, 0.15) is 37.9 Å². The average molecular weight is 326 g/mol. The number of benzene rings is 2. The highest BCUT2D eigenvalue weighted by Crippen LogP contribution is 2.17. The van der Waals surface area contributed by atoms with Crippen molar-refractivity contribution in [3.63, 3.8) is 0 Å². The van der Waals surface area contributed by atoms with E-state index in [1.54, 1.807) is 18.2 Å². The van der Waals surface area contributed by atoms with E-state index in [9.17, 15) is 9.90 Å². The summed E-state index contributed by atoms with van der Waals surface area (Å²) in [5.41, 5.74) is 2.09. The predicted molar refractivity (Wildman–Crippen MR) is 96.7 cm³/mol. The number of phenolic OH excluding ortho intramolecular Hbond substituents is 1. The summed E-state index contributed by atoms with van der Waals surface area (Å²) in [7, 11) is 0. The zero-order chi connectivity index (χ0) is 17.5. The predicted octanol–water partition coefficient (Wildman–Crippen LogP) is 3.48. The van der Waals surface area contributed by atoms with Gasteiger partial charge in [0.15, 0.2) is 0 Å². The van der Waals surface area contributed by atoms with Crippen LogP contribution in [0.4, 0.5) is 0 Å². The first-order chi connectivity index (χ1) is 11.5. The molecule has 2 aromatic rings. The zero-order valence-electron chi connectivity index (χ0n) is 14.6. The maximum Gasteiger partial charge on any atom is 0.237 e. The first kappa shape index (κ1) is 18.0. The average Bonchev–Trinajstić information content (AvgIpc) is 2.58. The second-order valence-electron chi connectivity index (χ2n) is 6.30. The molecule has 24 heavy (non-hydrogen) atoms. The van der Waals surface area contributed by atoms with E-state index in [2.05, 4.69) is 5.32 Å². The van der Waals surface area contributed by atoms with Crippen molar-refractivity contribution < 1.29 is 9.90 Å². The van der Waals surface area contributed by atoms with Crippen LogP contribution in [0.2, 0.25) is 0 Å². The number of amides is 1. The number of rotatable bonds is 7. The molecule has 0 saturated carbocycles. The molecule has 0 aliphatic heterocycles. The highest BCUT2D eigenvalue weighted by molar-refractivity contribution is 5.78. The Morgan fingerprint density at radius 2 is 1.79 bits per heavy atom. The quantitative estimate of drug-likeness (QED) is 0.819. The largest absolute Gasteiger partial charge is 0.508 e. The molecule has 4 heteroatoms. The van der Waals surface area contributed by atoms with Crippen molar-refractivity contribution in [2.45, 2.75) is 39.4 Å². The van der Waals surface area contributed by atoms with E-state index in [0.717, 1.165) is 11.1 Å². The van der Waals surface area contributed by atoms with E-state index in [-0.39, 0.29) is 30.3 Å². The van der Waals surface area contributed by atoms with Crippen molar-refractivity contribution in [3.05, 3.63) is 65.7 Å². The van der Waals surface area contributed by atoms with Crippen LogP contribution in [0.15, 0.2) is 54.6 Å². The molecule has 4 nitrogen and oxygen atoms in total. The third-order valence-corrected chi connectivity index (χ3v) is 4.07. The molecule has 0 aliphatic carbocycles. The van der Waals surface area contributed by atoms with Gasteiger partial charge in [0.1, 0.15) is 5.75 Å². The first-order valence-corrected chi connectivity index (χ1v) is 8.33. The molecule has 128 valence electrons. The SMILES string of the molecule is CC(NCC(=O)N(Cc1ccccc1)C(C)C)c1cccc(O)c1. The normalized spacial score (nSPS) is 12.2. The van der Waals surface area contributed by atoms with Gasteiger partial charge in [0.05, 0.1) is 6.54 Å². The minimum atomic E-state index is -0.00760. The molecule has 2 N–H and O–H groups in total. The number of carbonyl (C=O) groups is 1. The summed E-state index contributed by atoms with van der Waals surface area (Å²) in [6.45, 7) is 6.92. The van der Waals surface area contributed by atoms with E-state index in [0.29, 0.717) is 6.54 Å². The molecule has 0 heterocycles. The van der Waals surface area contributed by atoms with E-state index < -0.39 is 0 Å². The van der Waals surface area contributed by atoms with E-state index in [1.807, 2.05) is 62.1 Å². The highest BCUT2D eigenvalue weighted by Gasteiger charge is 2.18. The summed E-state index contributed by atoms with van der Waals surface area (Å²) < 4.78 is 0. The van der Waals surface area contributed by atoms with Crippen molar-refractivity contribution in [1.29, 1.82) is 0 Å². The van der Waals surface area contributed by atoms with Crippen LogP contribution in [0, 0.1) is 0 Å². The molecule has 1 unspecified atom stereocenters. The third-order valence-electron chi connectivity index (χ3n) is 4.07. The summed E-state index contributed by atoms with van der Waals surface area (Å²) in [4.78, 5) is 14.5. The van der Waals surface area contributed by atoms with Gasteiger partial charge in [0.25, 0.3) is 0 Å². The minimum Gasteiger partial charge on any atom is -0.508 e. The molecule has 0 spiro atoms. The van der Waals surface area contributed by atoms with Crippen molar-refractivity contribution in [1.82, 2.24) is 10.2 Å². The molecule has 0 fully saturated rings. The second kappa shape index (κ2) is 8.50. The zero-order valence-corrected chi connectivity index (χ0v) is 14.6. The van der Waals surface area contributed by atoms with E-state index in [1.165, 1.54) is 0 Å². The Bertz CT molecular complexity index is 656. The van der Waals surface area contributed by atoms with Gasteiger partial charge in [-0.3, -0.25) is 4.79 Å². The van der Waals surface area contributed by atoms with Gasteiger partial charge in [-0.1, -0.05) is 42.5 Å². The fraction of sp³-hybridized carbons (Fsp3) is 0.350. The molecule has 0 aromatic heterocycles. The Hall–Kier alpha value is -2.33. The molecule has 2 rings (SSSR count). The van der Waals surface area contributed by atoms with Gasteiger partial charge in [-0.25, -0.2) is 0 Å². The van der Waals surface area contributed by atoms with Gasteiger partial charge in [-0.2, -0.15) is 0 Å². The summed E-state index contributed by atoms with van der Waals surface area (Å²) in [6.07, 6.45) is 0. The number of nitrogens with zero attached hydrogens (tertiary/aromatic N) is 1. The van der Waals surface area contributed by atoms with Crippen LogP contribution in [0.5, 0.6) is 5.75 Å². The molecule has 0 aliphatic rings. The lowest BCUT2D eigenvalue weighted by Gasteiger charge is -2.28. The van der Waals surface area contributed by atoms with E-state index >= 15 is 0 Å². The van der Waals surface area contributed by atoms with Crippen molar-refractivity contribution in [2.24, 2.45) is 0 Å². The molecule has 0 radical (unpaired) electrons. The summed E-state index contributed by atoms with van der Waals surface area (Å²) >= 11 is 0. The van der Waals surface area contributed by atoms with Crippen LogP contribution in [0.3, 0.4) is 0 Å². The van der Waals surface area contributed by atoms with Gasteiger partial charge in [-0.05, 0) is 44.0 Å². The van der Waals surface area contributed by atoms with Gasteiger partial charge in [0.2, 0.25) is 5.91 Å². The Balaban J connectivity index is 1.95. The van der Waals surface area contributed by atoms with Crippen LogP contribution in [-0.4, -0.2) is 28.5 Å². The van der Waals surface area contributed by atoms with E-state index in [4.69, 9.17) is 0 Å². The monoisotopic (exact) mass is 326 g/mol. The number of hydrogen-bond acceptors (Lipinski definition) is 3. The van der Waals surface area contributed by atoms with Crippen molar-refractivity contribution in [3.8, 4) is 5.75 Å². The summed E-state index contributed by atoms with van der Waals surface area (Å²) in [6, 6.07) is 17.2. The van der Waals surface area contributed by atoms with Crippen LogP contribution in [0.25, 0.3) is 0 Å². The van der Waals surface area contributed by atoms with Gasteiger partial charge in [0, 0.05) is 18.6 Å². The van der Waals surface area contributed by atoms with Crippen molar-refractivity contribution >= 4 is 5.91 Å². The molecule has 2 aromatic carbocycles. The maximum absolute atomic E-state index is 12.6. The number of phenols is 1. The minimum absolute atomic E-state index is 0.00760. The van der Waals surface area contributed by atoms with Crippen LogP contribution < -0.4 is 5.32 Å². The number of hydrogen-bond donors (Lipinski definition) is 2. The third kappa shape index (κ3) is 5.10. The smallest absolute Gasteiger partial charge is 0.237 e. The Kier molecular flexibility index (Phi) is 6.38. The fourth-order valence-corrected chi connectivity index (χ4v) is 2.59. The molecule has 0 saturated heterocycles. The maximum atomic E-state index is 12.6. The topological polar surface area (TPSA) is 52.6 Å². The lowest BCUT2D eigenvalue weighted by molar-refractivity contribution is -0.132. The Morgan fingerprint density at radius 1 is 1.08 bits per heavy atom. The number of carbonyl (C=O) groups excluding carboxylic acids is 1. The van der Waals surface area contributed by atoms with Crippen molar-refractivity contribution in [2.75, 3.05) is 6.54 Å². The number of aromatic hydroxyl groups is 1. The molecule has 1 atom stereocenters. The lowest BCUT2D eigenvalue weighted by Crippen LogP contribution is -2.42. The molecule has 1 amide bonds. The highest BCUT2D eigenvalue weighted by atomic mass is 16.3. The second-order valence-corrected chi connectivity index (χ2v) is 6.30. The van der Waals surface area contributed by atoms with Gasteiger partial charge in [-0.15, -0.1) is 0 Å². The number of nitrogens with one attached hydrogen (secondary N) is 1. The van der Waals surface area contributed by atoms with Gasteiger partial charge < -0.3 is 15.3 Å².